The fourth-order valence-electron chi connectivity index (χ4n) is 4.56. The number of para-hydroxylation sites is 1. The molecule has 1 aliphatic heterocycles. The summed E-state index contributed by atoms with van der Waals surface area (Å²) in [5.41, 5.74) is 3.73. The van der Waals surface area contributed by atoms with Crippen LogP contribution in [0, 0.1) is 12.7 Å². The van der Waals surface area contributed by atoms with E-state index in [9.17, 15) is 12.8 Å². The minimum Gasteiger partial charge on any atom is -0.378 e. The molecule has 8 heteroatoms. The van der Waals surface area contributed by atoms with Gasteiger partial charge in [0.05, 0.1) is 4.90 Å². The van der Waals surface area contributed by atoms with Gasteiger partial charge in [-0.25, -0.2) is 17.5 Å². The standard InChI is InChI=1S/C27H33FN4O2S/c1-21-19-23(28)11-14-27(21)35(33,34)29-20-26(22-9-12-24(13-10-22)30(2)3)32-17-15-31(16-18-32)25-7-5-4-6-8-25/h4-14,19,26,29H,15-18,20H2,1-3H3. The number of halogens is 1. The van der Waals surface area contributed by atoms with Crippen LogP contribution in [0.4, 0.5) is 15.8 Å². The van der Waals surface area contributed by atoms with E-state index < -0.39 is 15.8 Å². The molecule has 3 aromatic carbocycles. The summed E-state index contributed by atoms with van der Waals surface area (Å²) in [6.07, 6.45) is 0. The summed E-state index contributed by atoms with van der Waals surface area (Å²) in [6.45, 7) is 5.18. The Hall–Kier alpha value is -2.94. The van der Waals surface area contributed by atoms with Crippen LogP contribution in [0.3, 0.4) is 0 Å². The molecular weight excluding hydrogens is 463 g/mol. The van der Waals surface area contributed by atoms with Crippen molar-refractivity contribution in [1.29, 1.82) is 0 Å². The molecule has 1 heterocycles. The molecule has 1 unspecified atom stereocenters. The maximum Gasteiger partial charge on any atom is 0.240 e. The molecule has 3 aromatic rings. The van der Waals surface area contributed by atoms with Gasteiger partial charge in [-0.2, -0.15) is 0 Å². The molecule has 35 heavy (non-hydrogen) atoms. The summed E-state index contributed by atoms with van der Waals surface area (Å²) in [5, 5.41) is 0. The Kier molecular flexibility index (Phi) is 7.74. The smallest absolute Gasteiger partial charge is 0.240 e. The van der Waals surface area contributed by atoms with E-state index in [1.807, 2.05) is 37.2 Å². The Bertz CT molecular complexity index is 1230. The van der Waals surface area contributed by atoms with Gasteiger partial charge in [0.15, 0.2) is 0 Å². The lowest BCUT2D eigenvalue weighted by molar-refractivity contribution is 0.187. The fourth-order valence-corrected chi connectivity index (χ4v) is 5.83. The zero-order valence-corrected chi connectivity index (χ0v) is 21.3. The van der Waals surface area contributed by atoms with Crippen molar-refractivity contribution in [3.8, 4) is 0 Å². The zero-order chi connectivity index (χ0) is 25.0. The molecule has 4 rings (SSSR count). The molecule has 186 valence electrons. The van der Waals surface area contributed by atoms with Crippen LogP contribution in [-0.4, -0.2) is 60.1 Å². The Balaban J connectivity index is 1.54. The van der Waals surface area contributed by atoms with Crippen molar-refractivity contribution in [3.05, 3.63) is 89.7 Å². The van der Waals surface area contributed by atoms with Crippen LogP contribution in [0.25, 0.3) is 0 Å². The number of hydrogen-bond acceptors (Lipinski definition) is 5. The molecule has 0 bridgehead atoms. The van der Waals surface area contributed by atoms with Gasteiger partial charge in [-0.15, -0.1) is 0 Å². The van der Waals surface area contributed by atoms with E-state index >= 15 is 0 Å². The zero-order valence-electron chi connectivity index (χ0n) is 20.5. The molecule has 1 aliphatic rings. The van der Waals surface area contributed by atoms with Crippen LogP contribution in [0.15, 0.2) is 77.7 Å². The van der Waals surface area contributed by atoms with E-state index in [4.69, 9.17) is 0 Å². The van der Waals surface area contributed by atoms with Gasteiger partial charge in [-0.1, -0.05) is 30.3 Å². The van der Waals surface area contributed by atoms with E-state index in [0.29, 0.717) is 5.56 Å². The van der Waals surface area contributed by atoms with Crippen LogP contribution in [0.1, 0.15) is 17.2 Å². The van der Waals surface area contributed by atoms with Gasteiger partial charge in [0.1, 0.15) is 5.82 Å². The van der Waals surface area contributed by atoms with Crippen LogP contribution in [-0.2, 0) is 10.0 Å². The topological polar surface area (TPSA) is 55.9 Å². The predicted octanol–water partition coefficient (Wildman–Crippen LogP) is 4.04. The average Bonchev–Trinajstić information content (AvgIpc) is 2.85. The molecular formula is C27H33FN4O2S. The van der Waals surface area contributed by atoms with Gasteiger partial charge >= 0.3 is 0 Å². The second kappa shape index (κ2) is 10.8. The number of piperazine rings is 1. The normalized spacial score (nSPS) is 15.7. The third-order valence-electron chi connectivity index (χ3n) is 6.56. The third-order valence-corrected chi connectivity index (χ3v) is 8.15. The van der Waals surface area contributed by atoms with Gasteiger partial charge in [-0.3, -0.25) is 4.90 Å². The quantitative estimate of drug-likeness (QED) is 0.510. The number of anilines is 2. The predicted molar refractivity (Wildman–Crippen MR) is 140 cm³/mol. The van der Waals surface area contributed by atoms with Crippen LogP contribution in [0.5, 0.6) is 0 Å². The van der Waals surface area contributed by atoms with E-state index in [1.54, 1.807) is 6.92 Å². The first-order valence-electron chi connectivity index (χ1n) is 11.8. The lowest BCUT2D eigenvalue weighted by Gasteiger charge is -2.40. The van der Waals surface area contributed by atoms with Gasteiger partial charge in [0.2, 0.25) is 10.0 Å². The monoisotopic (exact) mass is 496 g/mol. The number of nitrogens with zero attached hydrogens (tertiary/aromatic N) is 3. The summed E-state index contributed by atoms with van der Waals surface area (Å²) in [6, 6.07) is 22.2. The minimum atomic E-state index is -3.79. The molecule has 0 amide bonds. The highest BCUT2D eigenvalue weighted by molar-refractivity contribution is 7.89. The van der Waals surface area contributed by atoms with Gasteiger partial charge in [0, 0.05) is 64.2 Å². The average molecular weight is 497 g/mol. The summed E-state index contributed by atoms with van der Waals surface area (Å²) >= 11 is 0. The van der Waals surface area contributed by atoms with Crippen molar-refractivity contribution in [2.45, 2.75) is 17.9 Å². The van der Waals surface area contributed by atoms with Crippen LogP contribution in [0.2, 0.25) is 0 Å². The first-order chi connectivity index (χ1) is 16.7. The maximum atomic E-state index is 13.5. The number of aryl methyl sites for hydroxylation is 1. The largest absolute Gasteiger partial charge is 0.378 e. The van der Waals surface area contributed by atoms with Crippen molar-refractivity contribution in [1.82, 2.24) is 9.62 Å². The second-order valence-corrected chi connectivity index (χ2v) is 10.9. The number of rotatable bonds is 8. The molecule has 0 radical (unpaired) electrons. The van der Waals surface area contributed by atoms with Crippen molar-refractivity contribution in [2.24, 2.45) is 0 Å². The van der Waals surface area contributed by atoms with Crippen molar-refractivity contribution >= 4 is 21.4 Å². The first kappa shape index (κ1) is 25.2. The Labute approximate surface area is 208 Å². The number of benzene rings is 3. The Morgan fingerprint density at radius 3 is 2.20 bits per heavy atom. The molecule has 0 aromatic heterocycles. The first-order valence-corrected chi connectivity index (χ1v) is 13.3. The molecule has 0 aliphatic carbocycles. The molecule has 1 atom stereocenters. The van der Waals surface area contributed by atoms with E-state index in [2.05, 4.69) is 50.9 Å². The lowest BCUT2D eigenvalue weighted by atomic mass is 10.0. The third kappa shape index (κ3) is 6.01. The Morgan fingerprint density at radius 2 is 1.60 bits per heavy atom. The summed E-state index contributed by atoms with van der Waals surface area (Å²) in [5.74, 6) is -0.448. The van der Waals surface area contributed by atoms with E-state index in [-0.39, 0.29) is 17.5 Å². The highest BCUT2D eigenvalue weighted by atomic mass is 32.2. The molecule has 0 spiro atoms. The summed E-state index contributed by atoms with van der Waals surface area (Å²) < 4.78 is 42.5. The maximum absolute atomic E-state index is 13.5. The van der Waals surface area contributed by atoms with Crippen molar-refractivity contribution < 1.29 is 12.8 Å². The van der Waals surface area contributed by atoms with Gasteiger partial charge in [0.25, 0.3) is 0 Å². The van der Waals surface area contributed by atoms with E-state index in [0.717, 1.165) is 37.4 Å². The number of nitrogens with one attached hydrogen (secondary N) is 1. The van der Waals surface area contributed by atoms with Gasteiger partial charge in [-0.05, 0) is 60.5 Å². The molecule has 1 saturated heterocycles. The molecule has 6 nitrogen and oxygen atoms in total. The second-order valence-electron chi connectivity index (χ2n) is 9.12. The molecule has 0 saturated carbocycles. The summed E-state index contributed by atoms with van der Waals surface area (Å²) in [4.78, 5) is 6.84. The minimum absolute atomic E-state index is 0.106. The van der Waals surface area contributed by atoms with Crippen LogP contribution < -0.4 is 14.5 Å². The molecule has 1 N–H and O–H groups in total. The number of hydrogen-bond donors (Lipinski definition) is 1. The van der Waals surface area contributed by atoms with Crippen molar-refractivity contribution in [2.75, 3.05) is 56.6 Å². The van der Waals surface area contributed by atoms with E-state index in [1.165, 1.54) is 23.9 Å². The van der Waals surface area contributed by atoms with Gasteiger partial charge < -0.3 is 9.80 Å². The fraction of sp³-hybridized carbons (Fsp3) is 0.333. The lowest BCUT2D eigenvalue weighted by Crippen LogP contribution is -2.50. The highest BCUT2D eigenvalue weighted by Crippen LogP contribution is 2.26. The van der Waals surface area contributed by atoms with Crippen molar-refractivity contribution in [3.63, 3.8) is 0 Å². The number of sulfonamides is 1. The SMILES string of the molecule is Cc1cc(F)ccc1S(=O)(=O)NCC(c1ccc(N(C)C)cc1)N1CCN(c2ccccc2)CC1. The molecule has 1 fully saturated rings. The highest BCUT2D eigenvalue weighted by Gasteiger charge is 2.27. The van der Waals surface area contributed by atoms with Crippen LogP contribution >= 0.6 is 0 Å². The summed E-state index contributed by atoms with van der Waals surface area (Å²) in [7, 11) is 0.202. The Morgan fingerprint density at radius 1 is 0.943 bits per heavy atom.